The second-order valence-corrected chi connectivity index (χ2v) is 14.2. The van der Waals surface area contributed by atoms with Crippen LogP contribution in [0.4, 0.5) is 5.82 Å². The minimum absolute atomic E-state index is 0.214. The topological polar surface area (TPSA) is 150 Å². The van der Waals surface area contributed by atoms with Crippen molar-refractivity contribution in [1.82, 2.24) is 34.9 Å². The molecular formula is C43H39N9O3. The summed E-state index contributed by atoms with van der Waals surface area (Å²) >= 11 is 0. The molecule has 3 aromatic heterocycles. The molecule has 55 heavy (non-hydrogen) atoms. The second kappa shape index (κ2) is 15.4. The van der Waals surface area contributed by atoms with E-state index in [1.165, 1.54) is 16.3 Å². The van der Waals surface area contributed by atoms with Gasteiger partial charge in [-0.25, -0.2) is 19.6 Å². The molecule has 2 aromatic carbocycles. The predicted molar refractivity (Wildman–Crippen MR) is 208 cm³/mol. The first-order valence-electron chi connectivity index (χ1n) is 18.5. The maximum atomic E-state index is 12.8. The summed E-state index contributed by atoms with van der Waals surface area (Å²) in [7, 11) is 0. The van der Waals surface area contributed by atoms with Gasteiger partial charge in [0.1, 0.15) is 11.2 Å². The summed E-state index contributed by atoms with van der Waals surface area (Å²) in [5, 5.41) is 17.0. The van der Waals surface area contributed by atoms with Crippen LogP contribution in [-0.2, 0) is 28.1 Å². The fourth-order valence-electron chi connectivity index (χ4n) is 7.40. The van der Waals surface area contributed by atoms with E-state index in [0.717, 1.165) is 66.4 Å². The molecule has 2 unspecified atom stereocenters. The molecule has 0 saturated carbocycles. The predicted octanol–water partition coefficient (Wildman–Crippen LogP) is 4.93. The van der Waals surface area contributed by atoms with Crippen molar-refractivity contribution in [1.29, 1.82) is 5.26 Å². The van der Waals surface area contributed by atoms with Crippen molar-refractivity contribution in [3.8, 4) is 28.6 Å². The summed E-state index contributed by atoms with van der Waals surface area (Å²) in [6, 6.07) is 25.7. The number of hydrogen-bond donors (Lipinski definition) is 1. The van der Waals surface area contributed by atoms with Crippen LogP contribution >= 0.6 is 0 Å². The monoisotopic (exact) mass is 729 g/mol. The third-order valence-electron chi connectivity index (χ3n) is 10.5. The zero-order chi connectivity index (χ0) is 37.8. The number of rotatable bonds is 9. The van der Waals surface area contributed by atoms with Crippen molar-refractivity contribution in [3.05, 3.63) is 148 Å². The lowest BCUT2D eigenvalue weighted by Crippen LogP contribution is -2.46. The van der Waals surface area contributed by atoms with Gasteiger partial charge in [-0.2, -0.15) is 10.4 Å². The number of nitrogens with zero attached hydrogens (tertiary/aromatic N) is 8. The highest BCUT2D eigenvalue weighted by molar-refractivity contribution is 6.00. The average Bonchev–Trinajstić information content (AvgIpc) is 3.22. The van der Waals surface area contributed by atoms with E-state index in [-0.39, 0.29) is 29.8 Å². The fourth-order valence-corrected chi connectivity index (χ4v) is 7.40. The molecule has 2 saturated heterocycles. The second-order valence-electron chi connectivity index (χ2n) is 14.2. The molecule has 0 spiro atoms. The van der Waals surface area contributed by atoms with E-state index in [1.807, 2.05) is 73.1 Å². The molecule has 2 atom stereocenters. The molecule has 1 N–H and O–H groups in total. The fraction of sp³-hybridized carbons (Fsp3) is 0.256. The van der Waals surface area contributed by atoms with Crippen molar-refractivity contribution >= 4 is 17.6 Å². The number of carbonyl (C=O) groups is 2. The van der Waals surface area contributed by atoms with E-state index >= 15 is 0 Å². The lowest BCUT2D eigenvalue weighted by Gasteiger charge is -2.35. The number of aromatic nitrogens is 5. The summed E-state index contributed by atoms with van der Waals surface area (Å²) in [5.74, 6) is 0.685. The van der Waals surface area contributed by atoms with Crippen LogP contribution < -0.4 is 15.8 Å². The Hall–Kier alpha value is -6.58. The summed E-state index contributed by atoms with van der Waals surface area (Å²) in [4.78, 5) is 55.3. The number of nitriles is 1. The van der Waals surface area contributed by atoms with Crippen LogP contribution in [-0.4, -0.2) is 67.6 Å². The van der Waals surface area contributed by atoms with Gasteiger partial charge < -0.3 is 4.90 Å². The minimum Gasteiger partial charge on any atom is -0.354 e. The van der Waals surface area contributed by atoms with Gasteiger partial charge in [0, 0.05) is 74.9 Å². The Morgan fingerprint density at radius 3 is 2.27 bits per heavy atom. The van der Waals surface area contributed by atoms with E-state index in [4.69, 9.17) is 9.97 Å². The Kier molecular flexibility index (Phi) is 9.93. The summed E-state index contributed by atoms with van der Waals surface area (Å²) < 4.78 is 1.40. The van der Waals surface area contributed by atoms with Crippen molar-refractivity contribution in [2.24, 2.45) is 0 Å². The highest BCUT2D eigenvalue weighted by Gasteiger charge is 2.32. The highest BCUT2D eigenvalue weighted by atomic mass is 16.2. The first kappa shape index (κ1) is 35.4. The number of amides is 2. The molecule has 3 aliphatic rings. The molecule has 8 rings (SSSR count). The van der Waals surface area contributed by atoms with Crippen LogP contribution in [0.3, 0.4) is 0 Å². The van der Waals surface area contributed by atoms with Crippen molar-refractivity contribution in [3.63, 3.8) is 0 Å². The van der Waals surface area contributed by atoms with Gasteiger partial charge in [-0.1, -0.05) is 66.8 Å². The summed E-state index contributed by atoms with van der Waals surface area (Å²) in [6.45, 7) is 4.54. The molecule has 1 aliphatic carbocycles. The van der Waals surface area contributed by atoms with Gasteiger partial charge in [0.15, 0.2) is 5.82 Å². The van der Waals surface area contributed by atoms with E-state index in [0.29, 0.717) is 30.8 Å². The molecule has 274 valence electrons. The number of pyridine rings is 1. The van der Waals surface area contributed by atoms with Crippen LogP contribution in [0.2, 0.25) is 0 Å². The van der Waals surface area contributed by atoms with E-state index in [2.05, 4.69) is 55.5 Å². The number of piperazine rings is 1. The Morgan fingerprint density at radius 2 is 1.56 bits per heavy atom. The van der Waals surface area contributed by atoms with Gasteiger partial charge in [-0.15, -0.1) is 0 Å². The van der Waals surface area contributed by atoms with Crippen LogP contribution in [0.15, 0.2) is 120 Å². The number of piperidine rings is 1. The van der Waals surface area contributed by atoms with Gasteiger partial charge in [0.25, 0.3) is 5.56 Å². The van der Waals surface area contributed by atoms with E-state index in [1.54, 1.807) is 12.3 Å². The van der Waals surface area contributed by atoms with E-state index < -0.39 is 5.41 Å². The normalized spacial score (nSPS) is 19.9. The molecule has 5 heterocycles. The van der Waals surface area contributed by atoms with Gasteiger partial charge in [-0.05, 0) is 59.4 Å². The quantitative estimate of drug-likeness (QED) is 0.207. The third-order valence-corrected chi connectivity index (χ3v) is 10.5. The van der Waals surface area contributed by atoms with Crippen molar-refractivity contribution in [2.45, 2.75) is 43.7 Å². The maximum Gasteiger partial charge on any atom is 0.267 e. The number of anilines is 1. The van der Waals surface area contributed by atoms with Crippen molar-refractivity contribution < 1.29 is 9.59 Å². The molecular weight excluding hydrogens is 691 g/mol. The number of imide groups is 1. The lowest BCUT2D eigenvalue weighted by molar-refractivity contribution is -0.134. The smallest absolute Gasteiger partial charge is 0.267 e. The lowest BCUT2D eigenvalue weighted by atomic mass is 9.80. The van der Waals surface area contributed by atoms with Crippen LogP contribution in [0, 0.1) is 11.3 Å². The number of nitrogens with one attached hydrogen (secondary N) is 1. The summed E-state index contributed by atoms with van der Waals surface area (Å²) in [6.07, 6.45) is 14.3. The zero-order valence-electron chi connectivity index (χ0n) is 30.2. The molecule has 5 aromatic rings. The van der Waals surface area contributed by atoms with E-state index in [9.17, 15) is 19.6 Å². The minimum atomic E-state index is -0.896. The zero-order valence-corrected chi connectivity index (χ0v) is 30.2. The number of hydrogen-bond acceptors (Lipinski definition) is 10. The van der Waals surface area contributed by atoms with Crippen LogP contribution in [0.1, 0.15) is 47.6 Å². The number of allylic oxidation sites excluding steroid dienone is 4. The van der Waals surface area contributed by atoms with Crippen LogP contribution in [0.5, 0.6) is 0 Å². The first-order chi connectivity index (χ1) is 26.9. The standard InChI is InChI=1S/C43H39N9O3/c44-29-43(16-2-1-3-17-43)37-12-15-40(54)52(49-37)28-31-7-5-9-33(23-31)41-46-25-35(26-47-41)32-8-4-6-30(22-32)27-50-18-20-51(21-19-50)38-13-10-34(24-45-38)36-11-14-39(53)48-42(36)55/h1-10,12-13,15-16,22-26,36H,11,14,17-21,27-28H2,(H,48,53,55). The van der Waals surface area contributed by atoms with Crippen LogP contribution in [0.25, 0.3) is 22.5 Å². The number of carbonyl (C=O) groups excluding carboxylic acids is 2. The SMILES string of the molecule is N#CC1(c2ccc(=O)n(Cc3cccc(-c4ncc(-c5cccc(CN6CCN(c7ccc(C8CCC(=O)NC8=O)cn7)CC6)c5)cn4)c3)n2)C=CC=CC1. The average molecular weight is 730 g/mol. The van der Waals surface area contributed by atoms with Gasteiger partial charge in [0.05, 0.1) is 24.2 Å². The Bertz CT molecular complexity index is 2390. The molecule has 12 nitrogen and oxygen atoms in total. The largest absolute Gasteiger partial charge is 0.354 e. The maximum absolute atomic E-state index is 12.8. The molecule has 2 aliphatic heterocycles. The Morgan fingerprint density at radius 1 is 0.800 bits per heavy atom. The third kappa shape index (κ3) is 7.74. The molecule has 2 fully saturated rings. The Labute approximate surface area is 318 Å². The number of benzene rings is 2. The van der Waals surface area contributed by atoms with Gasteiger partial charge in [-0.3, -0.25) is 24.6 Å². The highest BCUT2D eigenvalue weighted by Crippen LogP contribution is 2.31. The van der Waals surface area contributed by atoms with Crippen molar-refractivity contribution in [2.75, 3.05) is 31.1 Å². The van der Waals surface area contributed by atoms with Gasteiger partial charge >= 0.3 is 0 Å². The Balaban J connectivity index is 0.884. The first-order valence-corrected chi connectivity index (χ1v) is 18.5. The molecule has 12 heteroatoms. The summed E-state index contributed by atoms with van der Waals surface area (Å²) in [5.41, 5.74) is 5.12. The van der Waals surface area contributed by atoms with Gasteiger partial charge in [0.2, 0.25) is 11.8 Å². The molecule has 2 amide bonds. The molecule has 0 bridgehead atoms. The molecule has 0 radical (unpaired) electrons.